The molecule has 0 spiro atoms. The van der Waals surface area contributed by atoms with Crippen molar-refractivity contribution >= 4 is 38.3 Å². The number of hydrogen-bond acceptors (Lipinski definition) is 5. The van der Waals surface area contributed by atoms with E-state index < -0.39 is 0 Å². The number of halogens is 1. The minimum atomic E-state index is 0.112. The summed E-state index contributed by atoms with van der Waals surface area (Å²) in [7, 11) is 0. The third-order valence-electron chi connectivity index (χ3n) is 5.28. The van der Waals surface area contributed by atoms with E-state index in [9.17, 15) is 4.79 Å². The second kappa shape index (κ2) is 8.71. The number of thiazole rings is 1. The molecule has 3 heterocycles. The van der Waals surface area contributed by atoms with E-state index in [2.05, 4.69) is 31.1 Å². The lowest BCUT2D eigenvalue weighted by Gasteiger charge is -2.34. The molecule has 4 rings (SSSR count). The molecular weight excluding hydrogens is 424 g/mol. The highest BCUT2D eigenvalue weighted by Crippen LogP contribution is 2.24. The summed E-state index contributed by atoms with van der Waals surface area (Å²) >= 11 is 5.17. The Hall–Kier alpha value is -1.44. The van der Waals surface area contributed by atoms with Crippen molar-refractivity contribution in [2.45, 2.75) is 25.8 Å². The van der Waals surface area contributed by atoms with Gasteiger partial charge in [-0.25, -0.2) is 4.98 Å². The second-order valence-electron chi connectivity index (χ2n) is 7.25. The van der Waals surface area contributed by atoms with Crippen molar-refractivity contribution in [3.8, 4) is 0 Å². The van der Waals surface area contributed by atoms with Gasteiger partial charge in [0.25, 0.3) is 5.91 Å². The van der Waals surface area contributed by atoms with Gasteiger partial charge in [0.1, 0.15) is 0 Å². The number of hydrogen-bond donors (Lipinski definition) is 0. The molecule has 27 heavy (non-hydrogen) atoms. The Bertz CT molecular complexity index is 782. The first kappa shape index (κ1) is 18.9. The van der Waals surface area contributed by atoms with Gasteiger partial charge in [-0.1, -0.05) is 28.4 Å². The molecule has 2 aliphatic rings. The maximum absolute atomic E-state index is 12.7. The third kappa shape index (κ3) is 4.70. The molecule has 1 aromatic carbocycles. The zero-order chi connectivity index (χ0) is 18.6. The summed E-state index contributed by atoms with van der Waals surface area (Å²) in [4.78, 5) is 24.3. The van der Waals surface area contributed by atoms with Crippen LogP contribution in [0.25, 0.3) is 0 Å². The van der Waals surface area contributed by atoms with E-state index >= 15 is 0 Å². The lowest BCUT2D eigenvalue weighted by atomic mass is 10.1. The predicted octanol–water partition coefficient (Wildman–Crippen LogP) is 3.85. The Morgan fingerprint density at radius 3 is 2.59 bits per heavy atom. The molecule has 0 radical (unpaired) electrons. The Morgan fingerprint density at radius 1 is 1.07 bits per heavy atom. The van der Waals surface area contributed by atoms with Gasteiger partial charge in [0, 0.05) is 48.1 Å². The number of carbonyl (C=O) groups excluding carboxylic acids is 1. The predicted molar refractivity (Wildman–Crippen MR) is 114 cm³/mol. The molecule has 2 aromatic rings. The highest BCUT2D eigenvalue weighted by Gasteiger charge is 2.24. The normalized spacial score (nSPS) is 18.7. The summed E-state index contributed by atoms with van der Waals surface area (Å²) in [5, 5.41) is 3.29. The van der Waals surface area contributed by atoms with Crippen LogP contribution >= 0.6 is 27.3 Å². The SMILES string of the molecule is O=C(c1cccc(Br)c1)N1CCN(c2nc(CN3CCCCC3)cs2)CC1. The summed E-state index contributed by atoms with van der Waals surface area (Å²) < 4.78 is 0.941. The van der Waals surface area contributed by atoms with Crippen molar-refractivity contribution in [1.29, 1.82) is 0 Å². The quantitative estimate of drug-likeness (QED) is 0.711. The van der Waals surface area contributed by atoms with E-state index in [1.807, 2.05) is 29.2 Å². The zero-order valence-corrected chi connectivity index (χ0v) is 17.8. The van der Waals surface area contributed by atoms with Gasteiger partial charge in [0.15, 0.2) is 5.13 Å². The van der Waals surface area contributed by atoms with Crippen LogP contribution in [0.4, 0.5) is 5.13 Å². The number of carbonyl (C=O) groups is 1. The van der Waals surface area contributed by atoms with E-state index in [1.54, 1.807) is 11.3 Å². The van der Waals surface area contributed by atoms with Crippen molar-refractivity contribution in [2.24, 2.45) is 0 Å². The number of benzene rings is 1. The highest BCUT2D eigenvalue weighted by molar-refractivity contribution is 9.10. The van der Waals surface area contributed by atoms with Crippen molar-refractivity contribution in [1.82, 2.24) is 14.8 Å². The number of aromatic nitrogens is 1. The van der Waals surface area contributed by atoms with Gasteiger partial charge in [0.05, 0.1) is 5.69 Å². The minimum Gasteiger partial charge on any atom is -0.345 e. The minimum absolute atomic E-state index is 0.112. The number of nitrogens with zero attached hydrogens (tertiary/aromatic N) is 4. The molecule has 0 atom stereocenters. The van der Waals surface area contributed by atoms with E-state index in [0.717, 1.165) is 47.9 Å². The van der Waals surface area contributed by atoms with Gasteiger partial charge in [-0.2, -0.15) is 0 Å². The van der Waals surface area contributed by atoms with Crippen LogP contribution in [0.5, 0.6) is 0 Å². The molecule has 0 N–H and O–H groups in total. The Balaban J connectivity index is 1.32. The van der Waals surface area contributed by atoms with E-state index in [1.165, 1.54) is 38.0 Å². The summed E-state index contributed by atoms with van der Waals surface area (Å²) in [6.07, 6.45) is 3.98. The van der Waals surface area contributed by atoms with E-state index in [0.29, 0.717) is 0 Å². The number of piperidine rings is 1. The zero-order valence-electron chi connectivity index (χ0n) is 15.4. The van der Waals surface area contributed by atoms with Crippen LogP contribution in [0.15, 0.2) is 34.1 Å². The summed E-state index contributed by atoms with van der Waals surface area (Å²) in [5.74, 6) is 0.112. The standard InChI is InChI=1S/C20H25BrN4OS/c21-17-6-4-5-16(13-17)19(26)24-9-11-25(12-10-24)20-22-18(15-27-20)14-23-7-2-1-3-8-23/h4-6,13,15H,1-3,7-12,14H2. The molecule has 5 nitrogen and oxygen atoms in total. The number of anilines is 1. The van der Waals surface area contributed by atoms with Gasteiger partial charge >= 0.3 is 0 Å². The maximum atomic E-state index is 12.7. The van der Waals surface area contributed by atoms with Gasteiger partial charge in [-0.05, 0) is 44.1 Å². The molecule has 0 unspecified atom stereocenters. The Labute approximate surface area is 173 Å². The van der Waals surface area contributed by atoms with Crippen LogP contribution in [0, 0.1) is 0 Å². The smallest absolute Gasteiger partial charge is 0.254 e. The van der Waals surface area contributed by atoms with E-state index in [-0.39, 0.29) is 5.91 Å². The van der Waals surface area contributed by atoms with Gasteiger partial charge in [0.2, 0.25) is 0 Å². The van der Waals surface area contributed by atoms with Gasteiger partial charge in [-0.3, -0.25) is 9.69 Å². The topological polar surface area (TPSA) is 39.7 Å². The lowest BCUT2D eigenvalue weighted by Crippen LogP contribution is -2.48. The van der Waals surface area contributed by atoms with Crippen molar-refractivity contribution < 1.29 is 4.79 Å². The molecular formula is C20H25BrN4OS. The molecule has 1 amide bonds. The molecule has 144 valence electrons. The van der Waals surface area contributed by atoms with Gasteiger partial charge in [-0.15, -0.1) is 11.3 Å². The average molecular weight is 449 g/mol. The van der Waals surface area contributed by atoms with Crippen LogP contribution in [0.2, 0.25) is 0 Å². The monoisotopic (exact) mass is 448 g/mol. The van der Waals surface area contributed by atoms with E-state index in [4.69, 9.17) is 4.98 Å². The number of rotatable bonds is 4. The molecule has 0 saturated carbocycles. The van der Waals surface area contributed by atoms with Crippen molar-refractivity contribution in [3.05, 3.63) is 45.4 Å². The largest absolute Gasteiger partial charge is 0.345 e. The van der Waals surface area contributed by atoms with Crippen molar-refractivity contribution in [3.63, 3.8) is 0 Å². The highest BCUT2D eigenvalue weighted by atomic mass is 79.9. The maximum Gasteiger partial charge on any atom is 0.254 e. The summed E-state index contributed by atoms with van der Waals surface area (Å²) in [6.45, 7) is 6.54. The molecule has 0 aliphatic carbocycles. The van der Waals surface area contributed by atoms with Crippen LogP contribution in [0.1, 0.15) is 35.3 Å². The van der Waals surface area contributed by atoms with Crippen LogP contribution in [-0.2, 0) is 6.54 Å². The first-order valence-corrected chi connectivity index (χ1v) is 11.3. The van der Waals surface area contributed by atoms with Crippen molar-refractivity contribution in [2.75, 3.05) is 44.2 Å². The fourth-order valence-electron chi connectivity index (χ4n) is 3.77. The van der Waals surface area contributed by atoms with Crippen LogP contribution in [-0.4, -0.2) is 60.0 Å². The number of likely N-dealkylation sites (tertiary alicyclic amines) is 1. The van der Waals surface area contributed by atoms with Crippen LogP contribution in [0.3, 0.4) is 0 Å². The lowest BCUT2D eigenvalue weighted by molar-refractivity contribution is 0.0746. The fourth-order valence-corrected chi connectivity index (χ4v) is 5.04. The molecule has 7 heteroatoms. The Kier molecular flexibility index (Phi) is 6.10. The Morgan fingerprint density at radius 2 is 1.85 bits per heavy atom. The molecule has 2 aliphatic heterocycles. The third-order valence-corrected chi connectivity index (χ3v) is 6.73. The number of amides is 1. The number of piperazine rings is 1. The molecule has 2 saturated heterocycles. The first-order chi connectivity index (χ1) is 13.2. The first-order valence-electron chi connectivity index (χ1n) is 9.65. The molecule has 1 aromatic heterocycles. The average Bonchev–Trinajstić information content (AvgIpc) is 3.17. The van der Waals surface area contributed by atoms with Gasteiger partial charge < -0.3 is 9.80 Å². The van der Waals surface area contributed by atoms with Crippen LogP contribution < -0.4 is 4.90 Å². The summed E-state index contributed by atoms with van der Waals surface area (Å²) in [5.41, 5.74) is 1.93. The molecule has 0 bridgehead atoms. The summed E-state index contributed by atoms with van der Waals surface area (Å²) in [6, 6.07) is 7.63. The fraction of sp³-hybridized carbons (Fsp3) is 0.500. The molecule has 2 fully saturated rings. The second-order valence-corrected chi connectivity index (χ2v) is 9.00.